The van der Waals surface area contributed by atoms with Crippen molar-refractivity contribution >= 4 is 17.4 Å². The number of aryl methyl sites for hydroxylation is 1. The van der Waals surface area contributed by atoms with Crippen molar-refractivity contribution in [2.75, 3.05) is 0 Å². The van der Waals surface area contributed by atoms with Crippen LogP contribution in [0.25, 0.3) is 0 Å². The smallest absolute Gasteiger partial charge is 0.130 e. The first kappa shape index (κ1) is 14.6. The van der Waals surface area contributed by atoms with Crippen molar-refractivity contribution in [1.82, 2.24) is 0 Å². The molecular formula is C17H17ClO2. The first-order valence-electron chi connectivity index (χ1n) is 6.59. The fourth-order valence-corrected chi connectivity index (χ4v) is 1.98. The first-order chi connectivity index (χ1) is 9.63. The summed E-state index contributed by atoms with van der Waals surface area (Å²) < 4.78 is 5.75. The Bertz CT molecular complexity index is 576. The Kier molecular flexibility index (Phi) is 5.19. The maximum absolute atomic E-state index is 11.0. The molecule has 104 valence electrons. The van der Waals surface area contributed by atoms with Gasteiger partial charge >= 0.3 is 0 Å². The van der Waals surface area contributed by atoms with E-state index in [0.29, 0.717) is 13.0 Å². The van der Waals surface area contributed by atoms with E-state index >= 15 is 0 Å². The van der Waals surface area contributed by atoms with Gasteiger partial charge in [-0.25, -0.2) is 0 Å². The highest BCUT2D eigenvalue weighted by Crippen LogP contribution is 2.17. The van der Waals surface area contributed by atoms with Gasteiger partial charge in [0.15, 0.2) is 0 Å². The SMILES string of the molecule is CC(=O)CCc1cccc(OCc2ccc(Cl)cc2)c1. The molecule has 2 aromatic carbocycles. The zero-order valence-electron chi connectivity index (χ0n) is 11.4. The lowest BCUT2D eigenvalue weighted by Gasteiger charge is -2.08. The third-order valence-corrected chi connectivity index (χ3v) is 3.23. The molecule has 0 aliphatic carbocycles. The summed E-state index contributed by atoms with van der Waals surface area (Å²) in [5.74, 6) is 1.03. The number of ketones is 1. The van der Waals surface area contributed by atoms with Gasteiger partial charge in [-0.15, -0.1) is 0 Å². The molecule has 0 heterocycles. The van der Waals surface area contributed by atoms with Gasteiger partial charge in [0, 0.05) is 11.4 Å². The molecule has 0 spiro atoms. The summed E-state index contributed by atoms with van der Waals surface area (Å²) >= 11 is 5.84. The quantitative estimate of drug-likeness (QED) is 0.785. The third-order valence-electron chi connectivity index (χ3n) is 2.98. The van der Waals surface area contributed by atoms with Gasteiger partial charge in [0.25, 0.3) is 0 Å². The van der Waals surface area contributed by atoms with E-state index in [4.69, 9.17) is 16.3 Å². The predicted molar refractivity (Wildman–Crippen MR) is 81.2 cm³/mol. The molecule has 0 fully saturated rings. The lowest BCUT2D eigenvalue weighted by Crippen LogP contribution is -1.97. The average molecular weight is 289 g/mol. The number of hydrogen-bond donors (Lipinski definition) is 0. The molecule has 0 unspecified atom stereocenters. The molecule has 0 saturated heterocycles. The van der Waals surface area contributed by atoms with Gasteiger partial charge in [-0.2, -0.15) is 0 Å². The van der Waals surface area contributed by atoms with Crippen LogP contribution in [0.1, 0.15) is 24.5 Å². The van der Waals surface area contributed by atoms with Crippen LogP contribution in [0.2, 0.25) is 5.02 Å². The second-order valence-corrected chi connectivity index (χ2v) is 5.20. The van der Waals surface area contributed by atoms with Gasteiger partial charge in [0.05, 0.1) is 0 Å². The summed E-state index contributed by atoms with van der Waals surface area (Å²) in [6.07, 6.45) is 1.33. The standard InChI is InChI=1S/C17H17ClO2/c1-13(19)5-6-14-3-2-4-17(11-14)20-12-15-7-9-16(18)10-8-15/h2-4,7-11H,5-6,12H2,1H3. The van der Waals surface area contributed by atoms with E-state index in [1.807, 2.05) is 48.5 Å². The molecule has 0 radical (unpaired) electrons. The van der Waals surface area contributed by atoms with E-state index in [1.165, 1.54) is 0 Å². The molecule has 2 aromatic rings. The van der Waals surface area contributed by atoms with Crippen LogP contribution in [0.15, 0.2) is 48.5 Å². The summed E-state index contributed by atoms with van der Waals surface area (Å²) in [4.78, 5) is 11.0. The summed E-state index contributed by atoms with van der Waals surface area (Å²) in [6, 6.07) is 15.5. The fraction of sp³-hybridized carbons (Fsp3) is 0.235. The van der Waals surface area contributed by atoms with Crippen molar-refractivity contribution in [2.45, 2.75) is 26.4 Å². The van der Waals surface area contributed by atoms with Gasteiger partial charge in [-0.3, -0.25) is 0 Å². The van der Waals surface area contributed by atoms with E-state index in [0.717, 1.165) is 28.3 Å². The second-order valence-electron chi connectivity index (χ2n) is 4.76. The van der Waals surface area contributed by atoms with E-state index in [-0.39, 0.29) is 5.78 Å². The molecule has 0 aliphatic rings. The van der Waals surface area contributed by atoms with Crippen molar-refractivity contribution in [1.29, 1.82) is 0 Å². The van der Waals surface area contributed by atoms with Crippen LogP contribution < -0.4 is 4.74 Å². The van der Waals surface area contributed by atoms with Crippen LogP contribution >= 0.6 is 11.6 Å². The highest BCUT2D eigenvalue weighted by Gasteiger charge is 2.00. The van der Waals surface area contributed by atoms with Crippen LogP contribution in [0.5, 0.6) is 5.75 Å². The van der Waals surface area contributed by atoms with Gasteiger partial charge in [-0.1, -0.05) is 35.9 Å². The lowest BCUT2D eigenvalue weighted by atomic mass is 10.1. The first-order valence-corrected chi connectivity index (χ1v) is 6.97. The maximum atomic E-state index is 11.0. The minimum absolute atomic E-state index is 0.206. The maximum Gasteiger partial charge on any atom is 0.130 e. The summed E-state index contributed by atoms with van der Waals surface area (Å²) in [7, 11) is 0. The Morgan fingerprint density at radius 3 is 2.55 bits per heavy atom. The zero-order chi connectivity index (χ0) is 14.4. The van der Waals surface area contributed by atoms with Crippen molar-refractivity contribution in [3.05, 3.63) is 64.7 Å². The Morgan fingerprint density at radius 2 is 1.85 bits per heavy atom. The monoisotopic (exact) mass is 288 g/mol. The van der Waals surface area contributed by atoms with E-state index in [1.54, 1.807) is 6.92 Å². The molecule has 2 nitrogen and oxygen atoms in total. The summed E-state index contributed by atoms with van der Waals surface area (Å²) in [5.41, 5.74) is 2.19. The number of hydrogen-bond acceptors (Lipinski definition) is 2. The number of halogens is 1. The molecule has 0 N–H and O–H groups in total. The molecule has 2 rings (SSSR count). The van der Waals surface area contributed by atoms with E-state index in [2.05, 4.69) is 0 Å². The largest absolute Gasteiger partial charge is 0.489 e. The minimum atomic E-state index is 0.206. The normalized spacial score (nSPS) is 10.3. The average Bonchev–Trinajstić information content (AvgIpc) is 2.45. The summed E-state index contributed by atoms with van der Waals surface area (Å²) in [5, 5.41) is 0.722. The molecule has 0 amide bonds. The Balaban J connectivity index is 1.94. The molecule has 3 heteroatoms. The molecule has 0 bridgehead atoms. The number of benzene rings is 2. The molecule has 0 aliphatic heterocycles. The van der Waals surface area contributed by atoms with Crippen molar-refractivity contribution in [3.8, 4) is 5.75 Å². The molecule has 20 heavy (non-hydrogen) atoms. The van der Waals surface area contributed by atoms with Crippen molar-refractivity contribution in [3.63, 3.8) is 0 Å². The van der Waals surface area contributed by atoms with E-state index in [9.17, 15) is 4.79 Å². The predicted octanol–water partition coefficient (Wildman–Crippen LogP) is 4.44. The van der Waals surface area contributed by atoms with Crippen LogP contribution in [0.3, 0.4) is 0 Å². The number of carbonyl (C=O) groups excluding carboxylic acids is 1. The molecule has 0 saturated carbocycles. The topological polar surface area (TPSA) is 26.3 Å². The van der Waals surface area contributed by atoms with Crippen LogP contribution in [-0.4, -0.2) is 5.78 Å². The highest BCUT2D eigenvalue weighted by atomic mass is 35.5. The summed E-state index contributed by atoms with van der Waals surface area (Å²) in [6.45, 7) is 2.12. The molecule has 0 atom stereocenters. The van der Waals surface area contributed by atoms with Crippen LogP contribution in [-0.2, 0) is 17.8 Å². The van der Waals surface area contributed by atoms with Gasteiger partial charge in [0.1, 0.15) is 18.1 Å². The minimum Gasteiger partial charge on any atom is -0.489 e. The molecule has 0 aromatic heterocycles. The van der Waals surface area contributed by atoms with Gasteiger partial charge < -0.3 is 9.53 Å². The second kappa shape index (κ2) is 7.11. The number of Topliss-reactive ketones (excluding diaryl/α,β-unsaturated/α-hetero) is 1. The van der Waals surface area contributed by atoms with Gasteiger partial charge in [-0.05, 0) is 48.7 Å². The van der Waals surface area contributed by atoms with Crippen LogP contribution in [0, 0.1) is 0 Å². The Labute approximate surface area is 124 Å². The Morgan fingerprint density at radius 1 is 1.10 bits per heavy atom. The van der Waals surface area contributed by atoms with Gasteiger partial charge in [0.2, 0.25) is 0 Å². The molecular weight excluding hydrogens is 272 g/mol. The van der Waals surface area contributed by atoms with Crippen molar-refractivity contribution < 1.29 is 9.53 Å². The van der Waals surface area contributed by atoms with Crippen molar-refractivity contribution in [2.24, 2.45) is 0 Å². The number of carbonyl (C=O) groups is 1. The number of rotatable bonds is 6. The number of ether oxygens (including phenoxy) is 1. The van der Waals surface area contributed by atoms with Crippen LogP contribution in [0.4, 0.5) is 0 Å². The Hall–Kier alpha value is -1.80. The van der Waals surface area contributed by atoms with E-state index < -0.39 is 0 Å². The fourth-order valence-electron chi connectivity index (χ4n) is 1.86. The lowest BCUT2D eigenvalue weighted by molar-refractivity contribution is -0.116. The zero-order valence-corrected chi connectivity index (χ0v) is 12.2. The highest BCUT2D eigenvalue weighted by molar-refractivity contribution is 6.30. The third kappa shape index (κ3) is 4.71.